The van der Waals surface area contributed by atoms with Crippen LogP contribution in [0.3, 0.4) is 0 Å². The molecular formula is C7H15FO. The highest BCUT2D eigenvalue weighted by molar-refractivity contribution is 4.68. The average molecular weight is 137 g/mol. The molecule has 1 nitrogen and oxygen atoms in total. The maximum absolute atomic E-state index is 13.4. The number of halogens is 1. The van der Waals surface area contributed by atoms with Gasteiger partial charge in [-0.15, -0.1) is 0 Å². The monoisotopic (exact) mass is 137 g/mol. The van der Waals surface area contributed by atoms with Crippen molar-refractivity contribution in [1.82, 2.24) is 0 Å². The maximum Gasteiger partial charge on any atom is 0.105 e. The van der Waals surface area contributed by atoms with Gasteiger partial charge >= 0.3 is 0 Å². The minimum absolute atomic E-state index is 0.139. The molecule has 0 heterocycles. The molecule has 0 saturated heterocycles. The molecule has 0 aliphatic rings. The van der Waals surface area contributed by atoms with E-state index in [1.807, 2.05) is 0 Å². The van der Waals surface area contributed by atoms with Gasteiger partial charge in [0.05, 0.1) is 0 Å². The van der Waals surface area contributed by atoms with Crippen LogP contribution in [0, 0.1) is 5.92 Å². The van der Waals surface area contributed by atoms with Gasteiger partial charge in [-0.05, 0) is 26.1 Å². The lowest BCUT2D eigenvalue weighted by Crippen LogP contribution is -2.18. The molecule has 0 aliphatic carbocycles. The van der Waals surface area contributed by atoms with Crippen LogP contribution in [0.25, 0.3) is 0 Å². The minimum atomic E-state index is -2.60. The number of rotatable bonds is 3. The normalized spacial score (nSPS) is 27.3. The maximum atomic E-state index is 13.4. The van der Waals surface area contributed by atoms with Gasteiger partial charge in [-0.1, -0.05) is 6.92 Å². The molecule has 0 aromatic carbocycles. The minimum Gasteiger partial charge on any atom is -0.396 e. The summed E-state index contributed by atoms with van der Waals surface area (Å²) in [6, 6.07) is 0. The number of aliphatic hydroxyl groups is 1. The fourth-order valence-electron chi connectivity index (χ4n) is 0.719. The lowest BCUT2D eigenvalue weighted by Gasteiger charge is -2.17. The van der Waals surface area contributed by atoms with Crippen LogP contribution < -0.4 is 0 Å². The van der Waals surface area contributed by atoms with Crippen molar-refractivity contribution in [3.63, 3.8) is 0 Å². The Morgan fingerprint density at radius 1 is 1.89 bits per heavy atom. The summed E-state index contributed by atoms with van der Waals surface area (Å²) in [5.74, 6) is -0.319. The first-order valence-electron chi connectivity index (χ1n) is 4.50. The Morgan fingerprint density at radius 2 is 2.44 bits per heavy atom. The molecule has 0 aromatic rings. The third-order valence-corrected chi connectivity index (χ3v) is 1.04. The molecule has 0 aliphatic heterocycles. The third kappa shape index (κ3) is 5.77. The van der Waals surface area contributed by atoms with E-state index in [1.54, 1.807) is 6.92 Å². The lowest BCUT2D eigenvalue weighted by molar-refractivity contribution is 0.136. The second-order valence-corrected chi connectivity index (χ2v) is 2.69. The van der Waals surface area contributed by atoms with Crippen molar-refractivity contribution in [2.45, 2.75) is 32.8 Å². The van der Waals surface area contributed by atoms with E-state index in [9.17, 15) is 4.39 Å². The van der Waals surface area contributed by atoms with Gasteiger partial charge in [0.15, 0.2) is 0 Å². The predicted molar refractivity (Wildman–Crippen MR) is 36.1 cm³/mol. The Labute approximate surface area is 60.1 Å². The Kier molecular flexibility index (Phi) is 1.64. The molecule has 2 heteroatoms. The van der Waals surface area contributed by atoms with E-state index in [4.69, 9.17) is 9.22 Å². The molecule has 1 N–H and O–H groups in total. The van der Waals surface area contributed by atoms with E-state index in [0.29, 0.717) is 0 Å². The molecule has 0 radical (unpaired) electrons. The largest absolute Gasteiger partial charge is 0.396 e. The van der Waals surface area contributed by atoms with Crippen LogP contribution in [-0.2, 0) is 0 Å². The summed E-state index contributed by atoms with van der Waals surface area (Å²) in [5.41, 5.74) is -2.20. The molecule has 0 spiro atoms. The standard InChI is InChI=1S/C7H15FO/c1-6(5-9)4-7(2,3)8/h6,9H,4-5H2,1-3H3/t6-/m0/s1/i2D3/t6-,7?. The molecule has 0 amide bonds. The zero-order valence-corrected chi connectivity index (χ0v) is 5.82. The van der Waals surface area contributed by atoms with Gasteiger partial charge in [0, 0.05) is 10.7 Å². The second-order valence-electron chi connectivity index (χ2n) is 2.69. The summed E-state index contributed by atoms with van der Waals surface area (Å²) in [4.78, 5) is 0. The summed E-state index contributed by atoms with van der Waals surface area (Å²) in [6.07, 6.45) is -0.139. The van der Waals surface area contributed by atoms with Gasteiger partial charge in [-0.2, -0.15) is 0 Å². The average Bonchev–Trinajstić information content (AvgIpc) is 1.84. The molecule has 56 valence electrons. The highest BCUT2D eigenvalue weighted by Crippen LogP contribution is 2.19. The smallest absolute Gasteiger partial charge is 0.105 e. The molecule has 0 rings (SSSR count). The van der Waals surface area contributed by atoms with E-state index in [2.05, 4.69) is 0 Å². The van der Waals surface area contributed by atoms with Crippen molar-refractivity contribution in [2.75, 3.05) is 6.61 Å². The molecular weight excluding hydrogens is 119 g/mol. The van der Waals surface area contributed by atoms with Crippen LogP contribution in [0.15, 0.2) is 0 Å². The summed E-state index contributed by atoms with van der Waals surface area (Å²) in [6.45, 7) is -0.123. The van der Waals surface area contributed by atoms with E-state index in [0.717, 1.165) is 6.92 Å². The highest BCUT2D eigenvalue weighted by Gasteiger charge is 2.18. The Hall–Kier alpha value is -0.110. The summed E-state index contributed by atoms with van der Waals surface area (Å²) in [5, 5.41) is 8.61. The van der Waals surface area contributed by atoms with E-state index >= 15 is 0 Å². The molecule has 0 saturated carbocycles. The summed E-state index contributed by atoms with van der Waals surface area (Å²) in [7, 11) is 0. The van der Waals surface area contributed by atoms with Crippen molar-refractivity contribution in [2.24, 2.45) is 5.92 Å². The first-order chi connectivity index (χ1) is 5.20. The molecule has 1 unspecified atom stereocenters. The van der Waals surface area contributed by atoms with Crippen molar-refractivity contribution in [1.29, 1.82) is 0 Å². The Bertz CT molecular complexity index is 144. The van der Waals surface area contributed by atoms with Gasteiger partial charge in [-0.3, -0.25) is 0 Å². The van der Waals surface area contributed by atoms with Crippen LogP contribution in [0.2, 0.25) is 0 Å². The first kappa shape index (κ1) is 4.67. The van der Waals surface area contributed by atoms with Gasteiger partial charge < -0.3 is 5.11 Å². The van der Waals surface area contributed by atoms with E-state index < -0.39 is 12.5 Å². The van der Waals surface area contributed by atoms with Crippen molar-refractivity contribution in [3.8, 4) is 0 Å². The molecule has 2 atom stereocenters. The summed E-state index contributed by atoms with van der Waals surface area (Å²) >= 11 is 0. The molecule has 0 aromatic heterocycles. The predicted octanol–water partition coefficient (Wildman–Crippen LogP) is 1.75. The van der Waals surface area contributed by atoms with Crippen molar-refractivity contribution < 1.29 is 13.6 Å². The zero-order chi connectivity index (χ0) is 9.99. The van der Waals surface area contributed by atoms with Gasteiger partial charge in [0.2, 0.25) is 0 Å². The molecule has 0 bridgehead atoms. The topological polar surface area (TPSA) is 20.2 Å². The number of alkyl halides is 1. The van der Waals surface area contributed by atoms with Gasteiger partial charge in [0.25, 0.3) is 0 Å². The Morgan fingerprint density at radius 3 is 2.78 bits per heavy atom. The quantitative estimate of drug-likeness (QED) is 0.628. The molecule has 9 heavy (non-hydrogen) atoms. The van der Waals surface area contributed by atoms with Gasteiger partial charge in [0.1, 0.15) is 5.67 Å². The number of hydrogen-bond acceptors (Lipinski definition) is 1. The zero-order valence-electron chi connectivity index (χ0n) is 8.82. The summed E-state index contributed by atoms with van der Waals surface area (Å²) < 4.78 is 34.0. The lowest BCUT2D eigenvalue weighted by atomic mass is 9.97. The fraction of sp³-hybridized carbons (Fsp3) is 1.00. The fourth-order valence-corrected chi connectivity index (χ4v) is 0.719. The van der Waals surface area contributed by atoms with E-state index in [1.165, 1.54) is 0 Å². The SMILES string of the molecule is [2H]C([2H])([2H])C(C)(F)C[C@H](C)CO. The van der Waals surface area contributed by atoms with Gasteiger partial charge in [-0.25, -0.2) is 4.39 Å². The number of hydrogen-bond donors (Lipinski definition) is 1. The van der Waals surface area contributed by atoms with Crippen molar-refractivity contribution >= 4 is 0 Å². The highest BCUT2D eigenvalue weighted by atomic mass is 19.1. The van der Waals surface area contributed by atoms with Crippen LogP contribution in [0.1, 0.15) is 31.2 Å². The van der Waals surface area contributed by atoms with E-state index in [-0.39, 0.29) is 18.9 Å². The first-order valence-corrected chi connectivity index (χ1v) is 3.00. The van der Waals surface area contributed by atoms with Crippen LogP contribution in [0.4, 0.5) is 4.39 Å². The molecule has 0 fully saturated rings. The Balaban J connectivity index is 4.22. The van der Waals surface area contributed by atoms with Crippen LogP contribution >= 0.6 is 0 Å². The second kappa shape index (κ2) is 3.16. The van der Waals surface area contributed by atoms with Crippen LogP contribution in [-0.4, -0.2) is 17.4 Å². The van der Waals surface area contributed by atoms with Crippen LogP contribution in [0.5, 0.6) is 0 Å². The van der Waals surface area contributed by atoms with Crippen molar-refractivity contribution in [3.05, 3.63) is 0 Å². The third-order valence-electron chi connectivity index (χ3n) is 1.04. The number of aliphatic hydroxyl groups excluding tert-OH is 1.